The van der Waals surface area contributed by atoms with Crippen LogP contribution in [-0.2, 0) is 0 Å². The standard InChI is InChI=1S/C15H22ClNOS/c16-14-4-6-15(7-5-14)19-10-2-9-17-8-1-3-13(11-17)12-18/h4-7,13,18H,1-3,8-12H2. The lowest BCUT2D eigenvalue weighted by Gasteiger charge is -2.31. The van der Waals surface area contributed by atoms with Crippen molar-refractivity contribution in [2.24, 2.45) is 5.92 Å². The molecule has 0 radical (unpaired) electrons. The van der Waals surface area contributed by atoms with Crippen LogP contribution in [0.2, 0.25) is 5.02 Å². The molecule has 0 aliphatic carbocycles. The summed E-state index contributed by atoms with van der Waals surface area (Å²) < 4.78 is 0. The van der Waals surface area contributed by atoms with E-state index in [1.165, 1.54) is 30.7 Å². The van der Waals surface area contributed by atoms with E-state index in [9.17, 15) is 5.11 Å². The predicted molar refractivity (Wildman–Crippen MR) is 83.0 cm³/mol. The quantitative estimate of drug-likeness (QED) is 0.642. The fraction of sp³-hybridized carbons (Fsp3) is 0.600. The molecule has 1 aliphatic rings. The van der Waals surface area contributed by atoms with Crippen molar-refractivity contribution in [1.82, 2.24) is 4.90 Å². The highest BCUT2D eigenvalue weighted by Gasteiger charge is 2.18. The molecule has 1 N–H and O–H groups in total. The molecule has 1 aromatic rings. The van der Waals surface area contributed by atoms with Gasteiger partial charge in [-0.15, -0.1) is 11.8 Å². The summed E-state index contributed by atoms with van der Waals surface area (Å²) in [5.41, 5.74) is 0. The highest BCUT2D eigenvalue weighted by atomic mass is 35.5. The lowest BCUT2D eigenvalue weighted by atomic mass is 9.99. The molecule has 1 heterocycles. The topological polar surface area (TPSA) is 23.5 Å². The molecule has 1 aliphatic heterocycles. The van der Waals surface area contributed by atoms with Gasteiger partial charge in [0.15, 0.2) is 0 Å². The fourth-order valence-corrected chi connectivity index (χ4v) is 3.48. The summed E-state index contributed by atoms with van der Waals surface area (Å²) >= 11 is 7.76. The Morgan fingerprint density at radius 1 is 1.32 bits per heavy atom. The minimum absolute atomic E-state index is 0.343. The third-order valence-corrected chi connectivity index (χ3v) is 4.91. The van der Waals surface area contributed by atoms with E-state index in [1.54, 1.807) is 0 Å². The van der Waals surface area contributed by atoms with E-state index >= 15 is 0 Å². The van der Waals surface area contributed by atoms with Crippen molar-refractivity contribution in [3.8, 4) is 0 Å². The van der Waals surface area contributed by atoms with Crippen LogP contribution in [0.25, 0.3) is 0 Å². The van der Waals surface area contributed by atoms with E-state index in [1.807, 2.05) is 23.9 Å². The first-order valence-corrected chi connectivity index (χ1v) is 8.36. The number of piperidine rings is 1. The summed E-state index contributed by atoms with van der Waals surface area (Å²) in [5.74, 6) is 1.64. The third kappa shape index (κ3) is 5.35. The molecular formula is C15H22ClNOS. The zero-order valence-electron chi connectivity index (χ0n) is 11.2. The average molecular weight is 300 g/mol. The smallest absolute Gasteiger partial charge is 0.0471 e. The van der Waals surface area contributed by atoms with Crippen LogP contribution < -0.4 is 0 Å². The highest BCUT2D eigenvalue weighted by Crippen LogP contribution is 2.21. The van der Waals surface area contributed by atoms with Gasteiger partial charge >= 0.3 is 0 Å². The Labute approximate surface area is 125 Å². The molecule has 1 fully saturated rings. The van der Waals surface area contributed by atoms with Crippen molar-refractivity contribution >= 4 is 23.4 Å². The fourth-order valence-electron chi connectivity index (χ4n) is 2.51. The zero-order valence-corrected chi connectivity index (χ0v) is 12.8. The number of thioether (sulfide) groups is 1. The lowest BCUT2D eigenvalue weighted by Crippen LogP contribution is -2.37. The van der Waals surface area contributed by atoms with Gasteiger partial charge in [-0.1, -0.05) is 11.6 Å². The van der Waals surface area contributed by atoms with Crippen molar-refractivity contribution in [2.75, 3.05) is 32.0 Å². The zero-order chi connectivity index (χ0) is 13.5. The summed E-state index contributed by atoms with van der Waals surface area (Å²) in [6.45, 7) is 3.76. The van der Waals surface area contributed by atoms with Gasteiger partial charge in [0.05, 0.1) is 0 Å². The molecule has 0 bridgehead atoms. The molecule has 106 valence electrons. The molecule has 4 heteroatoms. The molecule has 19 heavy (non-hydrogen) atoms. The normalized spacial score (nSPS) is 20.6. The van der Waals surface area contributed by atoms with Crippen molar-refractivity contribution in [2.45, 2.75) is 24.2 Å². The van der Waals surface area contributed by atoms with Crippen LogP contribution in [0.5, 0.6) is 0 Å². The Balaban J connectivity index is 1.62. The summed E-state index contributed by atoms with van der Waals surface area (Å²) in [6.07, 6.45) is 3.62. The number of nitrogens with zero attached hydrogens (tertiary/aromatic N) is 1. The Bertz CT molecular complexity index is 371. The number of benzene rings is 1. The number of rotatable bonds is 6. The van der Waals surface area contributed by atoms with Crippen molar-refractivity contribution in [3.63, 3.8) is 0 Å². The van der Waals surface area contributed by atoms with Gasteiger partial charge in [-0.25, -0.2) is 0 Å². The van der Waals surface area contributed by atoms with Gasteiger partial charge in [0, 0.05) is 23.1 Å². The first-order chi connectivity index (χ1) is 9.28. The number of hydrogen-bond acceptors (Lipinski definition) is 3. The molecule has 0 spiro atoms. The predicted octanol–water partition coefficient (Wildman–Crippen LogP) is 3.53. The molecule has 1 aromatic carbocycles. The minimum Gasteiger partial charge on any atom is -0.396 e. The maximum atomic E-state index is 9.21. The van der Waals surface area contributed by atoms with E-state index in [0.717, 1.165) is 23.9 Å². The SMILES string of the molecule is OCC1CCCN(CCCSc2ccc(Cl)cc2)C1. The molecule has 0 saturated carbocycles. The van der Waals surface area contributed by atoms with Crippen molar-refractivity contribution in [3.05, 3.63) is 29.3 Å². The van der Waals surface area contributed by atoms with Crippen molar-refractivity contribution in [1.29, 1.82) is 0 Å². The van der Waals surface area contributed by atoms with Gasteiger partial charge in [-0.2, -0.15) is 0 Å². The van der Waals surface area contributed by atoms with Crippen LogP contribution in [-0.4, -0.2) is 42.0 Å². The molecule has 0 amide bonds. The first-order valence-electron chi connectivity index (χ1n) is 6.99. The molecule has 1 atom stereocenters. The van der Waals surface area contributed by atoms with Gasteiger partial charge < -0.3 is 10.0 Å². The van der Waals surface area contributed by atoms with Crippen molar-refractivity contribution < 1.29 is 5.11 Å². The van der Waals surface area contributed by atoms with Gasteiger partial charge in [-0.3, -0.25) is 0 Å². The molecule has 0 aromatic heterocycles. The van der Waals surface area contributed by atoms with Gasteiger partial charge in [0.25, 0.3) is 0 Å². The molecule has 1 saturated heterocycles. The number of hydrogen-bond donors (Lipinski definition) is 1. The van der Waals surface area contributed by atoms with Crippen LogP contribution in [0.15, 0.2) is 29.2 Å². The van der Waals surface area contributed by atoms with Crippen LogP contribution >= 0.6 is 23.4 Å². The van der Waals surface area contributed by atoms with Gasteiger partial charge in [0.2, 0.25) is 0 Å². The number of halogens is 1. The molecule has 1 unspecified atom stereocenters. The number of aliphatic hydroxyl groups is 1. The lowest BCUT2D eigenvalue weighted by molar-refractivity contribution is 0.121. The maximum absolute atomic E-state index is 9.21. The monoisotopic (exact) mass is 299 g/mol. The average Bonchev–Trinajstić information content (AvgIpc) is 2.46. The summed E-state index contributed by atoms with van der Waals surface area (Å²) in [4.78, 5) is 3.78. The summed E-state index contributed by atoms with van der Waals surface area (Å²) in [5, 5.41) is 10.0. The van der Waals surface area contributed by atoms with Gasteiger partial charge in [-0.05, 0) is 68.3 Å². The summed E-state index contributed by atoms with van der Waals surface area (Å²) in [7, 11) is 0. The van der Waals surface area contributed by atoms with Crippen LogP contribution in [0.1, 0.15) is 19.3 Å². The van der Waals surface area contributed by atoms with Crippen LogP contribution in [0, 0.1) is 5.92 Å². The Hall–Kier alpha value is -0.220. The number of aliphatic hydroxyl groups excluding tert-OH is 1. The van der Waals surface area contributed by atoms with E-state index in [-0.39, 0.29) is 0 Å². The van der Waals surface area contributed by atoms with Crippen LogP contribution in [0.3, 0.4) is 0 Å². The summed E-state index contributed by atoms with van der Waals surface area (Å²) in [6, 6.07) is 8.05. The second kappa shape index (κ2) is 8.15. The van der Waals surface area contributed by atoms with Gasteiger partial charge in [0.1, 0.15) is 0 Å². The maximum Gasteiger partial charge on any atom is 0.0471 e. The van der Waals surface area contributed by atoms with E-state index in [0.29, 0.717) is 12.5 Å². The molecule has 2 nitrogen and oxygen atoms in total. The highest BCUT2D eigenvalue weighted by molar-refractivity contribution is 7.99. The first kappa shape index (κ1) is 15.2. The van der Waals surface area contributed by atoms with E-state index in [2.05, 4.69) is 17.0 Å². The minimum atomic E-state index is 0.343. The van der Waals surface area contributed by atoms with E-state index < -0.39 is 0 Å². The Morgan fingerprint density at radius 3 is 2.84 bits per heavy atom. The third-order valence-electron chi connectivity index (χ3n) is 3.56. The second-order valence-electron chi connectivity index (χ2n) is 5.15. The Morgan fingerprint density at radius 2 is 2.11 bits per heavy atom. The molecular weight excluding hydrogens is 278 g/mol. The van der Waals surface area contributed by atoms with Crippen LogP contribution in [0.4, 0.5) is 0 Å². The Kier molecular flexibility index (Phi) is 6.51. The van der Waals surface area contributed by atoms with E-state index in [4.69, 9.17) is 11.6 Å². The number of likely N-dealkylation sites (tertiary alicyclic amines) is 1. The second-order valence-corrected chi connectivity index (χ2v) is 6.75. The largest absolute Gasteiger partial charge is 0.396 e. The molecule has 2 rings (SSSR count).